The second-order valence-electron chi connectivity index (χ2n) is 6.87. The molecule has 31 heavy (non-hydrogen) atoms. The van der Waals surface area contributed by atoms with Gasteiger partial charge in [0, 0.05) is 31.8 Å². The molecule has 1 aromatic heterocycles. The average Bonchev–Trinajstić information content (AvgIpc) is 3.27. The van der Waals surface area contributed by atoms with Crippen LogP contribution in [0.15, 0.2) is 54.7 Å². The molecule has 0 aliphatic rings. The van der Waals surface area contributed by atoms with Crippen molar-refractivity contribution in [1.82, 2.24) is 25.2 Å². The van der Waals surface area contributed by atoms with Crippen LogP contribution >= 0.6 is 0 Å². The van der Waals surface area contributed by atoms with Crippen LogP contribution in [0.25, 0.3) is 0 Å². The van der Waals surface area contributed by atoms with Crippen LogP contribution in [0.3, 0.4) is 0 Å². The average molecular weight is 423 g/mol. The molecule has 9 nitrogen and oxygen atoms in total. The highest BCUT2D eigenvalue weighted by molar-refractivity contribution is 5.95. The quantitative estimate of drug-likeness (QED) is 0.565. The molecule has 2 amide bonds. The Kier molecular flexibility index (Phi) is 7.21. The molecule has 0 saturated carbocycles. The normalized spacial score (nSPS) is 10.4. The summed E-state index contributed by atoms with van der Waals surface area (Å²) in [7, 11) is 4.77. The van der Waals surface area contributed by atoms with Crippen LogP contribution < -0.4 is 14.8 Å². The Morgan fingerprint density at radius 3 is 2.39 bits per heavy atom. The van der Waals surface area contributed by atoms with E-state index in [0.717, 1.165) is 5.56 Å². The van der Waals surface area contributed by atoms with Gasteiger partial charge in [-0.3, -0.25) is 9.59 Å². The summed E-state index contributed by atoms with van der Waals surface area (Å²) < 4.78 is 11.9. The zero-order chi connectivity index (χ0) is 22.2. The molecule has 0 fully saturated rings. The van der Waals surface area contributed by atoms with E-state index in [1.807, 2.05) is 30.3 Å². The number of nitrogens with one attached hydrogen (secondary N) is 1. The third-order valence-corrected chi connectivity index (χ3v) is 4.61. The summed E-state index contributed by atoms with van der Waals surface area (Å²) in [5.41, 5.74) is 1.71. The third kappa shape index (κ3) is 5.81. The van der Waals surface area contributed by atoms with Gasteiger partial charge in [0.05, 0.1) is 27.0 Å². The van der Waals surface area contributed by atoms with Crippen molar-refractivity contribution in [2.24, 2.45) is 0 Å². The van der Waals surface area contributed by atoms with Crippen molar-refractivity contribution >= 4 is 11.8 Å². The molecule has 1 heterocycles. The van der Waals surface area contributed by atoms with Crippen LogP contribution in [0.4, 0.5) is 0 Å². The molecule has 0 atom stereocenters. The van der Waals surface area contributed by atoms with Crippen molar-refractivity contribution in [3.05, 3.63) is 71.5 Å². The minimum atomic E-state index is -0.267. The number of amides is 2. The summed E-state index contributed by atoms with van der Waals surface area (Å²) >= 11 is 0. The number of carbonyl (C=O) groups excluding carboxylic acids is 2. The summed E-state index contributed by atoms with van der Waals surface area (Å²) in [4.78, 5) is 26.6. The molecule has 0 radical (unpaired) electrons. The van der Waals surface area contributed by atoms with E-state index in [0.29, 0.717) is 36.7 Å². The molecule has 0 aliphatic heterocycles. The van der Waals surface area contributed by atoms with Gasteiger partial charge in [0.2, 0.25) is 0 Å². The number of benzene rings is 2. The highest BCUT2D eigenvalue weighted by Gasteiger charge is 2.16. The monoisotopic (exact) mass is 423 g/mol. The zero-order valence-electron chi connectivity index (χ0n) is 17.7. The van der Waals surface area contributed by atoms with Crippen molar-refractivity contribution in [3.8, 4) is 11.5 Å². The molecule has 2 aromatic carbocycles. The van der Waals surface area contributed by atoms with Crippen LogP contribution in [0.5, 0.6) is 11.5 Å². The van der Waals surface area contributed by atoms with Crippen molar-refractivity contribution in [2.75, 3.05) is 27.8 Å². The van der Waals surface area contributed by atoms with E-state index >= 15 is 0 Å². The number of rotatable bonds is 9. The third-order valence-electron chi connectivity index (χ3n) is 4.61. The van der Waals surface area contributed by atoms with Gasteiger partial charge < -0.3 is 19.7 Å². The summed E-state index contributed by atoms with van der Waals surface area (Å²) in [5, 5.41) is 10.7. The van der Waals surface area contributed by atoms with E-state index in [4.69, 9.17) is 9.47 Å². The van der Waals surface area contributed by atoms with Gasteiger partial charge in [-0.1, -0.05) is 35.5 Å². The summed E-state index contributed by atoms with van der Waals surface area (Å²) in [6.45, 7) is 1.16. The Morgan fingerprint density at radius 1 is 1.06 bits per heavy atom. The Bertz CT molecular complexity index is 1010. The fourth-order valence-corrected chi connectivity index (χ4v) is 2.95. The maximum absolute atomic E-state index is 12.6. The van der Waals surface area contributed by atoms with Crippen molar-refractivity contribution in [1.29, 1.82) is 0 Å². The van der Waals surface area contributed by atoms with Gasteiger partial charge in [-0.05, 0) is 17.7 Å². The molecular weight excluding hydrogens is 398 g/mol. The van der Waals surface area contributed by atoms with Gasteiger partial charge in [0.15, 0.2) is 5.69 Å². The van der Waals surface area contributed by atoms with Crippen LogP contribution in [0.2, 0.25) is 0 Å². The van der Waals surface area contributed by atoms with Crippen LogP contribution in [-0.4, -0.2) is 59.5 Å². The van der Waals surface area contributed by atoms with E-state index in [2.05, 4.69) is 15.6 Å². The number of carbonyl (C=O) groups is 2. The molecule has 0 aliphatic carbocycles. The van der Waals surface area contributed by atoms with Gasteiger partial charge in [0.1, 0.15) is 11.5 Å². The Hall–Kier alpha value is -3.88. The Morgan fingerprint density at radius 2 is 1.74 bits per heavy atom. The van der Waals surface area contributed by atoms with Crippen LogP contribution in [-0.2, 0) is 13.1 Å². The second kappa shape index (κ2) is 10.2. The number of methoxy groups -OCH3 is 2. The largest absolute Gasteiger partial charge is 0.497 e. The second-order valence-corrected chi connectivity index (χ2v) is 6.87. The number of ether oxygens (including phenoxy) is 2. The van der Waals surface area contributed by atoms with E-state index < -0.39 is 0 Å². The molecule has 0 saturated heterocycles. The smallest absolute Gasteiger partial charge is 0.276 e. The molecule has 0 spiro atoms. The molecule has 0 unspecified atom stereocenters. The highest BCUT2D eigenvalue weighted by Crippen LogP contribution is 2.22. The number of hydrogen-bond donors (Lipinski definition) is 1. The van der Waals surface area contributed by atoms with Gasteiger partial charge in [-0.15, -0.1) is 5.10 Å². The van der Waals surface area contributed by atoms with Crippen LogP contribution in [0, 0.1) is 0 Å². The molecule has 3 aromatic rings. The molecule has 0 bridgehead atoms. The van der Waals surface area contributed by atoms with E-state index in [-0.39, 0.29) is 17.5 Å². The Balaban J connectivity index is 1.53. The summed E-state index contributed by atoms with van der Waals surface area (Å²) in [6.07, 6.45) is 1.57. The van der Waals surface area contributed by atoms with Crippen molar-refractivity contribution in [3.63, 3.8) is 0 Å². The van der Waals surface area contributed by atoms with Gasteiger partial charge in [0.25, 0.3) is 11.8 Å². The highest BCUT2D eigenvalue weighted by atomic mass is 16.5. The molecule has 1 N–H and O–H groups in total. The van der Waals surface area contributed by atoms with E-state index in [1.165, 1.54) is 18.9 Å². The lowest BCUT2D eigenvalue weighted by molar-refractivity contribution is 0.0778. The first-order valence-corrected chi connectivity index (χ1v) is 9.71. The molecule has 9 heteroatoms. The molecule has 162 valence electrons. The van der Waals surface area contributed by atoms with E-state index in [9.17, 15) is 9.59 Å². The maximum Gasteiger partial charge on any atom is 0.276 e. The van der Waals surface area contributed by atoms with Crippen LogP contribution in [0.1, 0.15) is 26.4 Å². The first-order valence-electron chi connectivity index (χ1n) is 9.71. The van der Waals surface area contributed by atoms with Gasteiger partial charge >= 0.3 is 0 Å². The van der Waals surface area contributed by atoms with Crippen molar-refractivity contribution in [2.45, 2.75) is 13.1 Å². The van der Waals surface area contributed by atoms with Crippen molar-refractivity contribution < 1.29 is 19.1 Å². The Labute approximate surface area is 180 Å². The lowest BCUT2D eigenvalue weighted by Gasteiger charge is -2.15. The minimum absolute atomic E-state index is 0.220. The zero-order valence-corrected chi connectivity index (χ0v) is 17.7. The predicted octanol–water partition coefficient (Wildman–Crippen LogP) is 2.00. The standard InChI is InChI=1S/C22H25N5O4/c1-26(14-16-7-5-4-6-8-16)22(29)20-15-27(25-24-20)10-9-23-21(28)17-11-18(30-2)13-19(12-17)31-3/h4-8,11-13,15H,9-10,14H2,1-3H3,(H,23,28). The van der Waals surface area contributed by atoms with Gasteiger partial charge in [-0.2, -0.15) is 0 Å². The SMILES string of the molecule is COc1cc(OC)cc(C(=O)NCCn2cc(C(=O)N(C)Cc3ccccc3)nn2)c1. The van der Waals surface area contributed by atoms with E-state index in [1.54, 1.807) is 36.3 Å². The lowest BCUT2D eigenvalue weighted by atomic mass is 10.2. The number of nitrogens with zero attached hydrogens (tertiary/aromatic N) is 4. The predicted molar refractivity (Wildman–Crippen MR) is 114 cm³/mol. The number of aromatic nitrogens is 3. The molecular formula is C22H25N5O4. The van der Waals surface area contributed by atoms with Gasteiger partial charge in [-0.25, -0.2) is 4.68 Å². The first kappa shape index (κ1) is 21.8. The lowest BCUT2D eigenvalue weighted by Crippen LogP contribution is -2.27. The first-order chi connectivity index (χ1) is 15.0. The summed E-state index contributed by atoms with van der Waals surface area (Å²) in [6, 6.07) is 14.7. The molecule has 3 rings (SSSR count). The summed E-state index contributed by atoms with van der Waals surface area (Å²) in [5.74, 6) is 0.575. The topological polar surface area (TPSA) is 98.6 Å². The fraction of sp³-hybridized carbons (Fsp3) is 0.273. The minimum Gasteiger partial charge on any atom is -0.497 e. The maximum atomic E-state index is 12.6. The number of hydrogen-bond acceptors (Lipinski definition) is 6. The fourth-order valence-electron chi connectivity index (χ4n) is 2.95.